The van der Waals surface area contributed by atoms with E-state index in [9.17, 15) is 22.4 Å². The topological polar surface area (TPSA) is 86.8 Å². The lowest BCUT2D eigenvalue weighted by molar-refractivity contribution is -0.139. The molecule has 2 amide bonds. The highest BCUT2D eigenvalue weighted by molar-refractivity contribution is 7.92. The van der Waals surface area contributed by atoms with E-state index < -0.39 is 34.3 Å². The van der Waals surface area contributed by atoms with Crippen LogP contribution in [-0.2, 0) is 26.0 Å². The molecule has 0 aromatic heterocycles. The number of sulfonamides is 1. The Morgan fingerprint density at radius 2 is 1.76 bits per heavy atom. The number of anilines is 1. The SMILES string of the molecule is CC[C@H](C)NC(=O)[C@@H](C)N(CCc1ccccc1)C(=O)CN(c1ccc(F)c(Cl)c1)S(C)(=O)=O. The predicted octanol–water partition coefficient (Wildman–Crippen LogP) is 3.62. The maximum absolute atomic E-state index is 13.6. The summed E-state index contributed by atoms with van der Waals surface area (Å²) in [5, 5.41) is 2.60. The van der Waals surface area contributed by atoms with Gasteiger partial charge in [0.05, 0.1) is 17.0 Å². The summed E-state index contributed by atoms with van der Waals surface area (Å²) in [4.78, 5) is 27.6. The Morgan fingerprint density at radius 1 is 1.12 bits per heavy atom. The zero-order valence-corrected chi connectivity index (χ0v) is 21.4. The Morgan fingerprint density at radius 3 is 2.32 bits per heavy atom. The van der Waals surface area contributed by atoms with Gasteiger partial charge in [0, 0.05) is 12.6 Å². The van der Waals surface area contributed by atoms with Gasteiger partial charge in [-0.2, -0.15) is 0 Å². The third-order valence-electron chi connectivity index (χ3n) is 5.52. The lowest BCUT2D eigenvalue weighted by Gasteiger charge is -2.32. The van der Waals surface area contributed by atoms with Crippen LogP contribution in [0.2, 0.25) is 5.02 Å². The van der Waals surface area contributed by atoms with Gasteiger partial charge in [-0.1, -0.05) is 48.9 Å². The van der Waals surface area contributed by atoms with Gasteiger partial charge in [-0.15, -0.1) is 0 Å². The van der Waals surface area contributed by atoms with Crippen molar-refractivity contribution in [1.82, 2.24) is 10.2 Å². The molecule has 0 unspecified atom stereocenters. The quantitative estimate of drug-likeness (QED) is 0.499. The van der Waals surface area contributed by atoms with Crippen LogP contribution < -0.4 is 9.62 Å². The molecule has 34 heavy (non-hydrogen) atoms. The summed E-state index contributed by atoms with van der Waals surface area (Å²) in [5.41, 5.74) is 1.03. The summed E-state index contributed by atoms with van der Waals surface area (Å²) < 4.78 is 39.5. The van der Waals surface area contributed by atoms with Crippen molar-refractivity contribution in [2.24, 2.45) is 0 Å². The van der Waals surface area contributed by atoms with Crippen molar-refractivity contribution in [3.8, 4) is 0 Å². The van der Waals surface area contributed by atoms with E-state index in [0.29, 0.717) is 6.42 Å². The van der Waals surface area contributed by atoms with Gasteiger partial charge >= 0.3 is 0 Å². The molecule has 10 heteroatoms. The van der Waals surface area contributed by atoms with Gasteiger partial charge in [0.1, 0.15) is 18.4 Å². The Labute approximate surface area is 205 Å². The molecule has 0 aliphatic carbocycles. The largest absolute Gasteiger partial charge is 0.352 e. The molecule has 186 valence electrons. The minimum absolute atomic E-state index is 0.0574. The first-order valence-electron chi connectivity index (χ1n) is 11.0. The molecule has 0 heterocycles. The standard InChI is InChI=1S/C24H31ClFN3O4S/c1-5-17(2)27-24(31)18(3)28(14-13-19-9-7-6-8-10-19)23(30)16-29(34(4,32)33)20-11-12-22(26)21(25)15-20/h6-12,15,17-18H,5,13-14,16H2,1-4H3,(H,27,31)/t17-,18+/m0/s1. The van der Waals surface area contributed by atoms with E-state index in [0.717, 1.165) is 34.7 Å². The van der Waals surface area contributed by atoms with Gasteiger partial charge in [-0.3, -0.25) is 13.9 Å². The number of nitrogens with one attached hydrogen (secondary N) is 1. The van der Waals surface area contributed by atoms with Crippen molar-refractivity contribution in [3.05, 3.63) is 64.9 Å². The van der Waals surface area contributed by atoms with Crippen molar-refractivity contribution >= 4 is 39.1 Å². The lowest BCUT2D eigenvalue weighted by atomic mass is 10.1. The van der Waals surface area contributed by atoms with Crippen LogP contribution in [0.4, 0.5) is 10.1 Å². The smallest absolute Gasteiger partial charge is 0.244 e. The highest BCUT2D eigenvalue weighted by Gasteiger charge is 2.30. The van der Waals surface area contributed by atoms with Gasteiger partial charge < -0.3 is 10.2 Å². The minimum atomic E-state index is -3.91. The van der Waals surface area contributed by atoms with E-state index in [1.165, 1.54) is 11.0 Å². The molecule has 0 bridgehead atoms. The minimum Gasteiger partial charge on any atom is -0.352 e. The third-order valence-corrected chi connectivity index (χ3v) is 6.95. The summed E-state index contributed by atoms with van der Waals surface area (Å²) in [5.74, 6) is -1.59. The van der Waals surface area contributed by atoms with Crippen molar-refractivity contribution in [2.45, 2.75) is 45.7 Å². The first kappa shape index (κ1) is 27.6. The van der Waals surface area contributed by atoms with Crippen LogP contribution in [0.1, 0.15) is 32.8 Å². The highest BCUT2D eigenvalue weighted by Crippen LogP contribution is 2.24. The fraction of sp³-hybridized carbons (Fsp3) is 0.417. The van der Waals surface area contributed by atoms with Crippen molar-refractivity contribution in [1.29, 1.82) is 0 Å². The summed E-state index contributed by atoms with van der Waals surface area (Å²) in [6.45, 7) is 5.06. The Kier molecular flexibility index (Phi) is 9.88. The summed E-state index contributed by atoms with van der Waals surface area (Å²) in [6, 6.07) is 12.0. The summed E-state index contributed by atoms with van der Waals surface area (Å²) in [7, 11) is -3.91. The number of halogens is 2. The fourth-order valence-corrected chi connectivity index (χ4v) is 4.31. The van der Waals surface area contributed by atoms with Crippen LogP contribution in [0, 0.1) is 5.82 Å². The number of nitrogens with zero attached hydrogens (tertiary/aromatic N) is 2. The van der Waals surface area contributed by atoms with E-state index in [4.69, 9.17) is 11.6 Å². The maximum Gasteiger partial charge on any atom is 0.244 e. The number of rotatable bonds is 11. The molecular weight excluding hydrogens is 481 g/mol. The molecule has 2 rings (SSSR count). The summed E-state index contributed by atoms with van der Waals surface area (Å²) in [6.07, 6.45) is 2.16. The van der Waals surface area contributed by atoms with Gasteiger partial charge in [-0.25, -0.2) is 12.8 Å². The van der Waals surface area contributed by atoms with Crippen LogP contribution in [0.5, 0.6) is 0 Å². The zero-order valence-electron chi connectivity index (χ0n) is 19.8. The zero-order chi connectivity index (χ0) is 25.5. The van der Waals surface area contributed by atoms with Gasteiger partial charge in [0.25, 0.3) is 0 Å². The van der Waals surface area contributed by atoms with Crippen LogP contribution >= 0.6 is 11.6 Å². The number of benzene rings is 2. The summed E-state index contributed by atoms with van der Waals surface area (Å²) >= 11 is 5.83. The van der Waals surface area contributed by atoms with Crippen LogP contribution in [0.3, 0.4) is 0 Å². The molecule has 0 aliphatic rings. The van der Waals surface area contributed by atoms with Crippen LogP contribution in [0.15, 0.2) is 48.5 Å². The molecule has 0 fully saturated rings. The average molecular weight is 512 g/mol. The third kappa shape index (κ3) is 7.70. The number of carbonyl (C=O) groups is 2. The number of carbonyl (C=O) groups excluding carboxylic acids is 2. The van der Waals surface area contributed by atoms with Gasteiger partial charge in [0.2, 0.25) is 21.8 Å². The monoisotopic (exact) mass is 511 g/mol. The molecular formula is C24H31ClFN3O4S. The highest BCUT2D eigenvalue weighted by atomic mass is 35.5. The molecule has 7 nitrogen and oxygen atoms in total. The Balaban J connectivity index is 2.33. The molecule has 0 radical (unpaired) electrons. The molecule has 0 saturated heterocycles. The van der Waals surface area contributed by atoms with Crippen molar-refractivity contribution in [2.75, 3.05) is 23.7 Å². The Hall–Kier alpha value is -2.65. The number of hydrogen-bond acceptors (Lipinski definition) is 4. The molecule has 2 atom stereocenters. The lowest BCUT2D eigenvalue weighted by Crippen LogP contribution is -2.53. The van der Waals surface area contributed by atoms with E-state index in [1.54, 1.807) is 6.92 Å². The second-order valence-electron chi connectivity index (χ2n) is 8.18. The molecule has 0 aliphatic heterocycles. The van der Waals surface area contributed by atoms with E-state index in [-0.39, 0.29) is 29.2 Å². The second kappa shape index (κ2) is 12.2. The second-order valence-corrected chi connectivity index (χ2v) is 10.5. The average Bonchev–Trinajstić information content (AvgIpc) is 2.79. The van der Waals surface area contributed by atoms with Crippen molar-refractivity contribution in [3.63, 3.8) is 0 Å². The fourth-order valence-electron chi connectivity index (χ4n) is 3.29. The molecule has 2 aromatic carbocycles. The molecule has 0 spiro atoms. The maximum atomic E-state index is 13.6. The first-order chi connectivity index (χ1) is 15.9. The van der Waals surface area contributed by atoms with Crippen LogP contribution in [0.25, 0.3) is 0 Å². The normalized spacial score (nSPS) is 13.1. The van der Waals surface area contributed by atoms with Gasteiger partial charge in [0.15, 0.2) is 0 Å². The van der Waals surface area contributed by atoms with Crippen molar-refractivity contribution < 1.29 is 22.4 Å². The molecule has 2 aromatic rings. The number of hydrogen-bond donors (Lipinski definition) is 1. The predicted molar refractivity (Wildman–Crippen MR) is 133 cm³/mol. The molecule has 1 N–H and O–H groups in total. The van der Waals surface area contributed by atoms with E-state index in [1.807, 2.05) is 44.2 Å². The van der Waals surface area contributed by atoms with Crippen LogP contribution in [-0.4, -0.2) is 56.6 Å². The van der Waals surface area contributed by atoms with E-state index >= 15 is 0 Å². The first-order valence-corrected chi connectivity index (χ1v) is 13.2. The Bertz CT molecular complexity index is 1100. The van der Waals surface area contributed by atoms with E-state index in [2.05, 4.69) is 5.32 Å². The van der Waals surface area contributed by atoms with Gasteiger partial charge in [-0.05, 0) is 50.5 Å². The molecule has 0 saturated carbocycles. The number of amides is 2.